The van der Waals surface area contributed by atoms with E-state index < -0.39 is 32.0 Å². The normalized spacial score (nSPS) is 16.6. The lowest BCUT2D eigenvalue weighted by molar-refractivity contribution is -0.125. The van der Waals surface area contributed by atoms with Gasteiger partial charge >= 0.3 is 0 Å². The average molecular weight is 619 g/mol. The molecular formula is C31H30N4O6S2. The lowest BCUT2D eigenvalue weighted by Gasteiger charge is -2.38. The molecule has 0 aromatic heterocycles. The predicted molar refractivity (Wildman–Crippen MR) is 162 cm³/mol. The van der Waals surface area contributed by atoms with Crippen LogP contribution < -0.4 is 10.2 Å². The molecule has 0 aliphatic carbocycles. The number of benzene rings is 4. The monoisotopic (exact) mass is 618 g/mol. The molecule has 0 saturated carbocycles. The SMILES string of the molecule is O=C(N/N=C\c1ccccc1OCc1ccccc1)[C@H]1CN(S(=O)(=O)c2ccccc2)CCN1S(=O)(=O)c1ccccc1. The van der Waals surface area contributed by atoms with Crippen LogP contribution >= 0.6 is 0 Å². The summed E-state index contributed by atoms with van der Waals surface area (Å²) >= 11 is 0. The van der Waals surface area contributed by atoms with Crippen molar-refractivity contribution >= 4 is 32.2 Å². The van der Waals surface area contributed by atoms with E-state index in [0.29, 0.717) is 17.9 Å². The lowest BCUT2D eigenvalue weighted by Crippen LogP contribution is -2.60. The molecule has 5 rings (SSSR count). The van der Waals surface area contributed by atoms with Crippen molar-refractivity contribution < 1.29 is 26.4 Å². The minimum absolute atomic E-state index is 0.000148. The standard InChI is InChI=1S/C31H30N4O6S2/c36-31(33-32-22-26-14-10-11-19-30(26)41-24-25-12-4-1-5-13-25)29-23-34(42(37,38)27-15-6-2-7-16-27)20-21-35(29)43(39,40)28-17-8-3-9-18-28/h1-19,22,29H,20-21,23-24H2,(H,33,36)/b32-22-/t29-/m1/s1. The molecule has 10 nitrogen and oxygen atoms in total. The van der Waals surface area contributed by atoms with Crippen molar-refractivity contribution in [3.63, 3.8) is 0 Å². The number of rotatable bonds is 10. The van der Waals surface area contributed by atoms with Crippen molar-refractivity contribution in [2.24, 2.45) is 5.10 Å². The van der Waals surface area contributed by atoms with Gasteiger partial charge in [0, 0.05) is 25.2 Å². The first kappa shape index (κ1) is 30.1. The first-order valence-electron chi connectivity index (χ1n) is 13.5. The molecule has 1 fully saturated rings. The summed E-state index contributed by atoms with van der Waals surface area (Å²) in [4.78, 5) is 13.6. The van der Waals surface area contributed by atoms with Gasteiger partial charge in [-0.25, -0.2) is 22.3 Å². The van der Waals surface area contributed by atoms with Gasteiger partial charge in [-0.1, -0.05) is 78.9 Å². The average Bonchev–Trinajstić information content (AvgIpc) is 3.05. The maximum Gasteiger partial charge on any atom is 0.259 e. The molecule has 4 aromatic carbocycles. The summed E-state index contributed by atoms with van der Waals surface area (Å²) in [7, 11) is -8.11. The summed E-state index contributed by atoms with van der Waals surface area (Å²) in [5.41, 5.74) is 3.98. The molecule has 1 saturated heterocycles. The van der Waals surface area contributed by atoms with Gasteiger partial charge in [-0.3, -0.25) is 4.79 Å². The highest BCUT2D eigenvalue weighted by molar-refractivity contribution is 7.89. The number of sulfonamides is 2. The fourth-order valence-electron chi connectivity index (χ4n) is 4.62. The Bertz CT molecular complexity index is 1790. The molecule has 222 valence electrons. The first-order chi connectivity index (χ1) is 20.8. The zero-order valence-electron chi connectivity index (χ0n) is 23.1. The molecule has 0 radical (unpaired) electrons. The van der Waals surface area contributed by atoms with Gasteiger partial charge in [0.25, 0.3) is 5.91 Å². The summed E-state index contributed by atoms with van der Waals surface area (Å²) in [5, 5.41) is 4.07. The summed E-state index contributed by atoms with van der Waals surface area (Å²) in [6, 6.07) is 30.9. The lowest BCUT2D eigenvalue weighted by atomic mass is 10.2. The molecule has 1 N–H and O–H groups in total. The van der Waals surface area contributed by atoms with Crippen LogP contribution in [0.1, 0.15) is 11.1 Å². The Balaban J connectivity index is 1.37. The van der Waals surface area contributed by atoms with Gasteiger partial charge in [-0.15, -0.1) is 0 Å². The van der Waals surface area contributed by atoms with Crippen LogP contribution in [0.2, 0.25) is 0 Å². The van der Waals surface area contributed by atoms with Gasteiger partial charge in [-0.2, -0.15) is 13.7 Å². The minimum atomic E-state index is -4.13. The van der Waals surface area contributed by atoms with Gasteiger partial charge in [0.2, 0.25) is 20.0 Å². The summed E-state index contributed by atoms with van der Waals surface area (Å²) in [5.74, 6) is -0.234. The van der Waals surface area contributed by atoms with E-state index in [0.717, 1.165) is 14.2 Å². The number of hydrazone groups is 1. The number of piperazine rings is 1. The molecule has 1 amide bonds. The third-order valence-corrected chi connectivity index (χ3v) is 10.7. The van der Waals surface area contributed by atoms with Crippen LogP contribution in [-0.2, 0) is 31.4 Å². The second kappa shape index (κ2) is 13.3. The maximum absolute atomic E-state index is 13.6. The molecule has 0 unspecified atom stereocenters. The van der Waals surface area contributed by atoms with E-state index in [2.05, 4.69) is 10.5 Å². The molecule has 1 atom stereocenters. The molecule has 1 aliphatic rings. The van der Waals surface area contributed by atoms with Gasteiger partial charge in [-0.05, 0) is 42.0 Å². The van der Waals surface area contributed by atoms with E-state index in [1.54, 1.807) is 54.6 Å². The van der Waals surface area contributed by atoms with E-state index in [-0.39, 0.29) is 29.4 Å². The van der Waals surface area contributed by atoms with E-state index in [1.807, 2.05) is 36.4 Å². The quantitative estimate of drug-likeness (QED) is 0.214. The number of hydrogen-bond acceptors (Lipinski definition) is 7. The van der Waals surface area contributed by atoms with Crippen molar-refractivity contribution in [3.05, 3.63) is 126 Å². The minimum Gasteiger partial charge on any atom is -0.488 e. The van der Waals surface area contributed by atoms with Crippen LogP contribution in [0.15, 0.2) is 130 Å². The molecule has 4 aromatic rings. The van der Waals surface area contributed by atoms with Crippen LogP contribution in [0.5, 0.6) is 5.75 Å². The first-order valence-corrected chi connectivity index (χ1v) is 16.4. The van der Waals surface area contributed by atoms with Crippen LogP contribution in [0.25, 0.3) is 0 Å². The van der Waals surface area contributed by atoms with E-state index in [1.165, 1.54) is 30.5 Å². The number of carbonyl (C=O) groups is 1. The number of amides is 1. The van der Waals surface area contributed by atoms with Crippen molar-refractivity contribution in [1.29, 1.82) is 0 Å². The molecule has 1 aliphatic heterocycles. The molecule has 0 bridgehead atoms. The second-order valence-corrected chi connectivity index (χ2v) is 13.5. The Kier molecular flexibility index (Phi) is 9.31. The largest absolute Gasteiger partial charge is 0.488 e. The van der Waals surface area contributed by atoms with Gasteiger partial charge in [0.15, 0.2) is 0 Å². The topological polar surface area (TPSA) is 125 Å². The highest BCUT2D eigenvalue weighted by Gasteiger charge is 2.43. The van der Waals surface area contributed by atoms with Crippen LogP contribution in [0.4, 0.5) is 0 Å². The zero-order valence-corrected chi connectivity index (χ0v) is 24.7. The van der Waals surface area contributed by atoms with Crippen LogP contribution in [-0.4, -0.2) is 63.2 Å². The number of nitrogens with zero attached hydrogens (tertiary/aromatic N) is 3. The van der Waals surface area contributed by atoms with E-state index >= 15 is 0 Å². The Morgan fingerprint density at radius 2 is 1.33 bits per heavy atom. The maximum atomic E-state index is 13.6. The number of para-hydroxylation sites is 1. The van der Waals surface area contributed by atoms with E-state index in [4.69, 9.17) is 4.74 Å². The smallest absolute Gasteiger partial charge is 0.259 e. The number of ether oxygens (including phenoxy) is 1. The summed E-state index contributed by atoms with van der Waals surface area (Å²) in [6.45, 7) is -0.400. The molecule has 1 heterocycles. The third-order valence-electron chi connectivity index (χ3n) is 6.86. The Morgan fingerprint density at radius 3 is 1.98 bits per heavy atom. The van der Waals surface area contributed by atoms with Crippen molar-refractivity contribution in [1.82, 2.24) is 14.0 Å². The Labute approximate surface area is 251 Å². The molecule has 12 heteroatoms. The highest BCUT2D eigenvalue weighted by Crippen LogP contribution is 2.25. The van der Waals surface area contributed by atoms with Crippen molar-refractivity contribution in [2.75, 3.05) is 19.6 Å². The van der Waals surface area contributed by atoms with Crippen LogP contribution in [0.3, 0.4) is 0 Å². The van der Waals surface area contributed by atoms with Gasteiger partial charge in [0.05, 0.1) is 16.0 Å². The predicted octanol–water partition coefficient (Wildman–Crippen LogP) is 3.48. The van der Waals surface area contributed by atoms with E-state index in [9.17, 15) is 21.6 Å². The Morgan fingerprint density at radius 1 is 0.767 bits per heavy atom. The molecule has 0 spiro atoms. The Hall–Kier alpha value is -4.36. The number of carbonyl (C=O) groups excluding carboxylic acids is 1. The van der Waals surface area contributed by atoms with Crippen LogP contribution in [0, 0.1) is 0 Å². The fourth-order valence-corrected chi connectivity index (χ4v) is 7.67. The fraction of sp³-hybridized carbons (Fsp3) is 0.161. The highest BCUT2D eigenvalue weighted by atomic mass is 32.2. The van der Waals surface area contributed by atoms with Gasteiger partial charge < -0.3 is 4.74 Å². The van der Waals surface area contributed by atoms with Gasteiger partial charge in [0.1, 0.15) is 18.4 Å². The number of hydrogen-bond donors (Lipinski definition) is 1. The summed E-state index contributed by atoms with van der Waals surface area (Å²) in [6.07, 6.45) is 1.40. The molecule has 43 heavy (non-hydrogen) atoms. The second-order valence-electron chi connectivity index (χ2n) is 9.67. The van der Waals surface area contributed by atoms with Crippen molar-refractivity contribution in [3.8, 4) is 5.75 Å². The summed E-state index contributed by atoms with van der Waals surface area (Å²) < 4.78 is 62.0. The van der Waals surface area contributed by atoms with Crippen molar-refractivity contribution in [2.45, 2.75) is 22.4 Å². The molecular weight excluding hydrogens is 588 g/mol. The third kappa shape index (κ3) is 7.00. The zero-order chi connectivity index (χ0) is 30.3. The number of nitrogens with one attached hydrogen (secondary N) is 1.